The molecule has 0 radical (unpaired) electrons. The second kappa shape index (κ2) is 9.42. The number of esters is 3. The Kier molecular flexibility index (Phi) is 6.89. The monoisotopic (exact) mass is 450 g/mol. The molecule has 1 aromatic carbocycles. The van der Waals surface area contributed by atoms with E-state index >= 15 is 0 Å². The van der Waals surface area contributed by atoms with Gasteiger partial charge in [-0.3, -0.25) is 14.4 Å². The SMILES string of the molecule is CC(=O)O[C@@H]1[C@@H](OC(C)=O)[C@@H](Oc2cccc3c(C)cc(=O)oc23)SC[C@H]1OC(C)=O. The normalized spacial score (nSPS) is 23.1. The average molecular weight is 450 g/mol. The van der Waals surface area contributed by atoms with E-state index < -0.39 is 47.3 Å². The molecule has 166 valence electrons. The topological polar surface area (TPSA) is 118 Å². The molecule has 1 aromatic heterocycles. The number of carbonyl (C=O) groups is 3. The summed E-state index contributed by atoms with van der Waals surface area (Å²) in [5.41, 5.74) is -0.379. The summed E-state index contributed by atoms with van der Waals surface area (Å²) in [5.74, 6) is -1.32. The summed E-state index contributed by atoms with van der Waals surface area (Å²) in [4.78, 5) is 46.8. The molecule has 1 aliphatic rings. The summed E-state index contributed by atoms with van der Waals surface area (Å²) in [6, 6.07) is 6.53. The third-order valence-electron chi connectivity index (χ3n) is 4.49. The van der Waals surface area contributed by atoms with E-state index in [-0.39, 0.29) is 17.1 Å². The van der Waals surface area contributed by atoms with E-state index in [0.29, 0.717) is 5.39 Å². The molecule has 1 fully saturated rings. The standard InChI is InChI=1S/C21H22O9S/c1-10-8-17(25)30-18-14(10)6-5-7-15(18)29-21-20(28-13(4)24)19(27-12(3)23)16(9-31-21)26-11(2)22/h5-8,16,19-21H,9H2,1-4H3/t16-,19+,20-,21+/m1/s1. The van der Waals surface area contributed by atoms with Crippen LogP contribution >= 0.6 is 11.8 Å². The lowest BCUT2D eigenvalue weighted by Crippen LogP contribution is -2.55. The molecule has 1 saturated heterocycles. The van der Waals surface area contributed by atoms with Gasteiger partial charge in [0.05, 0.1) is 0 Å². The van der Waals surface area contributed by atoms with Crippen molar-refractivity contribution in [2.45, 2.75) is 51.4 Å². The number of thioether (sulfide) groups is 1. The van der Waals surface area contributed by atoms with Gasteiger partial charge in [-0.15, -0.1) is 11.8 Å². The molecular weight excluding hydrogens is 428 g/mol. The lowest BCUT2D eigenvalue weighted by atomic mass is 10.1. The fourth-order valence-corrected chi connectivity index (χ4v) is 4.55. The minimum absolute atomic E-state index is 0.230. The van der Waals surface area contributed by atoms with Crippen LogP contribution < -0.4 is 10.4 Å². The highest BCUT2D eigenvalue weighted by Gasteiger charge is 2.47. The van der Waals surface area contributed by atoms with Gasteiger partial charge in [0, 0.05) is 38.0 Å². The van der Waals surface area contributed by atoms with E-state index in [1.165, 1.54) is 38.6 Å². The number of benzene rings is 1. The minimum atomic E-state index is -1.07. The first-order chi connectivity index (χ1) is 14.7. The maximum Gasteiger partial charge on any atom is 0.336 e. The molecule has 1 aliphatic heterocycles. The van der Waals surface area contributed by atoms with Gasteiger partial charge in [0.15, 0.2) is 35.1 Å². The lowest BCUT2D eigenvalue weighted by Gasteiger charge is -2.39. The van der Waals surface area contributed by atoms with Crippen molar-refractivity contribution in [1.29, 1.82) is 0 Å². The Bertz CT molecular complexity index is 1060. The lowest BCUT2D eigenvalue weighted by molar-refractivity contribution is -0.186. The third-order valence-corrected chi connectivity index (χ3v) is 5.70. The van der Waals surface area contributed by atoms with Crippen LogP contribution in [0.25, 0.3) is 11.0 Å². The molecule has 10 heteroatoms. The quantitative estimate of drug-likeness (QED) is 0.381. The first kappa shape index (κ1) is 22.7. The first-order valence-corrected chi connectivity index (χ1v) is 10.5. The average Bonchev–Trinajstić information content (AvgIpc) is 2.65. The zero-order chi connectivity index (χ0) is 22.7. The van der Waals surface area contributed by atoms with Crippen LogP contribution in [-0.4, -0.2) is 47.4 Å². The van der Waals surface area contributed by atoms with E-state index in [9.17, 15) is 19.2 Å². The van der Waals surface area contributed by atoms with E-state index in [0.717, 1.165) is 5.56 Å². The van der Waals surface area contributed by atoms with Crippen LogP contribution in [0.15, 0.2) is 33.5 Å². The molecule has 4 atom stereocenters. The fourth-order valence-electron chi connectivity index (χ4n) is 3.34. The molecule has 0 bridgehead atoms. The molecular formula is C21H22O9S. The summed E-state index contributed by atoms with van der Waals surface area (Å²) in [6.07, 6.45) is -2.97. The number of rotatable bonds is 5. The van der Waals surface area contributed by atoms with Gasteiger partial charge in [0.1, 0.15) is 0 Å². The van der Waals surface area contributed by atoms with Crippen LogP contribution in [-0.2, 0) is 28.6 Å². The van der Waals surface area contributed by atoms with E-state index in [1.54, 1.807) is 25.1 Å². The third kappa shape index (κ3) is 5.38. The van der Waals surface area contributed by atoms with Crippen molar-refractivity contribution in [3.8, 4) is 5.75 Å². The molecule has 0 spiro atoms. The van der Waals surface area contributed by atoms with Gasteiger partial charge in [-0.05, 0) is 18.6 Å². The summed E-state index contributed by atoms with van der Waals surface area (Å²) in [6.45, 7) is 5.43. The number of ether oxygens (including phenoxy) is 4. The summed E-state index contributed by atoms with van der Waals surface area (Å²) < 4.78 is 27.5. The van der Waals surface area contributed by atoms with Gasteiger partial charge in [-0.2, -0.15) is 0 Å². The summed E-state index contributed by atoms with van der Waals surface area (Å²) in [7, 11) is 0. The highest BCUT2D eigenvalue weighted by molar-refractivity contribution is 7.99. The van der Waals surface area contributed by atoms with Crippen molar-refractivity contribution in [1.82, 2.24) is 0 Å². The van der Waals surface area contributed by atoms with Crippen LogP contribution in [0.5, 0.6) is 5.75 Å². The number of hydrogen-bond acceptors (Lipinski definition) is 10. The molecule has 3 rings (SSSR count). The van der Waals surface area contributed by atoms with Crippen molar-refractivity contribution in [2.75, 3.05) is 5.75 Å². The van der Waals surface area contributed by atoms with E-state index in [4.69, 9.17) is 23.4 Å². The minimum Gasteiger partial charge on any atom is -0.472 e. The first-order valence-electron chi connectivity index (χ1n) is 9.49. The second-order valence-corrected chi connectivity index (χ2v) is 8.13. The van der Waals surface area contributed by atoms with Crippen LogP contribution in [0.2, 0.25) is 0 Å². The number of hydrogen-bond donors (Lipinski definition) is 0. The van der Waals surface area contributed by atoms with E-state index in [1.807, 2.05) is 0 Å². The van der Waals surface area contributed by atoms with Gasteiger partial charge < -0.3 is 23.4 Å². The van der Waals surface area contributed by atoms with Gasteiger partial charge >= 0.3 is 23.5 Å². The zero-order valence-corrected chi connectivity index (χ0v) is 18.2. The van der Waals surface area contributed by atoms with Crippen LogP contribution in [0.1, 0.15) is 26.3 Å². The number of fused-ring (bicyclic) bond motifs is 1. The largest absolute Gasteiger partial charge is 0.472 e. The number of carbonyl (C=O) groups excluding carboxylic acids is 3. The van der Waals surface area contributed by atoms with Gasteiger partial charge in [-0.25, -0.2) is 4.79 Å². The Morgan fingerprint density at radius 2 is 1.65 bits per heavy atom. The second-order valence-electron chi connectivity index (χ2n) is 7.00. The predicted octanol–water partition coefficient (Wildman–Crippen LogP) is 2.35. The number of aryl methyl sites for hydroxylation is 1. The van der Waals surface area contributed by atoms with Crippen LogP contribution in [0.3, 0.4) is 0 Å². The van der Waals surface area contributed by atoms with Crippen molar-refractivity contribution in [2.24, 2.45) is 0 Å². The Morgan fingerprint density at radius 3 is 2.29 bits per heavy atom. The molecule has 0 unspecified atom stereocenters. The van der Waals surface area contributed by atoms with Crippen molar-refractivity contribution in [3.63, 3.8) is 0 Å². The van der Waals surface area contributed by atoms with E-state index in [2.05, 4.69) is 0 Å². The van der Waals surface area contributed by atoms with Gasteiger partial charge in [0.2, 0.25) is 0 Å². The zero-order valence-electron chi connectivity index (χ0n) is 17.4. The predicted molar refractivity (Wildman–Crippen MR) is 111 cm³/mol. The molecule has 31 heavy (non-hydrogen) atoms. The Morgan fingerprint density at radius 1 is 1.00 bits per heavy atom. The van der Waals surface area contributed by atoms with Crippen molar-refractivity contribution < 1.29 is 37.7 Å². The number of para-hydroxylation sites is 1. The molecule has 0 amide bonds. The Hall–Kier alpha value is -3.01. The molecule has 0 saturated carbocycles. The van der Waals surface area contributed by atoms with Crippen LogP contribution in [0, 0.1) is 6.92 Å². The molecule has 2 aromatic rings. The van der Waals surface area contributed by atoms with Crippen LogP contribution in [0.4, 0.5) is 0 Å². The molecule has 2 heterocycles. The Labute approximate surface area is 182 Å². The maximum absolute atomic E-state index is 11.9. The summed E-state index contributed by atoms with van der Waals surface area (Å²) >= 11 is 1.22. The molecule has 0 N–H and O–H groups in total. The summed E-state index contributed by atoms with van der Waals surface area (Å²) in [5, 5.41) is 0.691. The molecule has 0 aliphatic carbocycles. The Balaban J connectivity index is 1.98. The molecule has 9 nitrogen and oxygen atoms in total. The van der Waals surface area contributed by atoms with Crippen molar-refractivity contribution >= 4 is 40.6 Å². The fraction of sp³-hybridized carbons (Fsp3) is 0.429. The van der Waals surface area contributed by atoms with Gasteiger partial charge in [-0.1, -0.05) is 12.1 Å². The maximum atomic E-state index is 11.9. The smallest absolute Gasteiger partial charge is 0.336 e. The van der Waals surface area contributed by atoms with Crippen molar-refractivity contribution in [3.05, 3.63) is 40.2 Å². The highest BCUT2D eigenvalue weighted by atomic mass is 32.2. The van der Waals surface area contributed by atoms with Gasteiger partial charge in [0.25, 0.3) is 0 Å². The highest BCUT2D eigenvalue weighted by Crippen LogP contribution is 2.36.